The van der Waals surface area contributed by atoms with Gasteiger partial charge in [-0.25, -0.2) is 5.48 Å². The molecule has 0 saturated carbocycles. The summed E-state index contributed by atoms with van der Waals surface area (Å²) in [5, 5.41) is 26.2. The van der Waals surface area contributed by atoms with Gasteiger partial charge in [-0.05, 0) is 18.4 Å². The fourth-order valence-corrected chi connectivity index (χ4v) is 3.58. The number of nitrogens with one attached hydrogen (secondary N) is 4. The van der Waals surface area contributed by atoms with E-state index in [0.717, 1.165) is 4.90 Å². The van der Waals surface area contributed by atoms with E-state index in [2.05, 4.69) is 16.0 Å². The minimum absolute atomic E-state index is 0.0397. The van der Waals surface area contributed by atoms with Crippen LogP contribution in [0.25, 0.3) is 0 Å². The van der Waals surface area contributed by atoms with Crippen molar-refractivity contribution in [3.63, 3.8) is 0 Å². The summed E-state index contributed by atoms with van der Waals surface area (Å²) in [7, 11) is 0. The molecule has 0 aliphatic carbocycles. The Morgan fingerprint density at radius 1 is 0.973 bits per heavy atom. The maximum Gasteiger partial charge on any atom is 0.246 e. The molecule has 13 nitrogen and oxygen atoms in total. The van der Waals surface area contributed by atoms with Crippen LogP contribution in [-0.2, 0) is 30.4 Å². The Bertz CT molecular complexity index is 925. The first-order valence-electron chi connectivity index (χ1n) is 11.9. The number of nitrogens with zero attached hydrogens (tertiary/aromatic N) is 1. The van der Waals surface area contributed by atoms with Crippen LogP contribution in [-0.4, -0.2) is 88.6 Å². The molecule has 4 atom stereocenters. The Morgan fingerprint density at radius 2 is 1.59 bits per heavy atom. The zero-order valence-electron chi connectivity index (χ0n) is 21.6. The van der Waals surface area contributed by atoms with Crippen molar-refractivity contribution in [3.8, 4) is 0 Å². The molecule has 1 unspecified atom stereocenters. The smallest absolute Gasteiger partial charge is 0.246 e. The van der Waals surface area contributed by atoms with Crippen LogP contribution >= 0.6 is 0 Å². The van der Waals surface area contributed by atoms with E-state index in [1.165, 1.54) is 13.8 Å². The standard InChI is InChI=1S/C24H38N6O7/c1-14(2)20(28-16(4)32)24(36)30(13-19(33)26-10-11-27-37)18(12-17-8-6-5-7-9-17)23(35)29-21(15(3)31)22(25)34/h5-9,14-15,18,20-21,27,31,37H,10-13H2,1-4H3,(H2,25,34)(H,26,33)(H,28,32)(H,29,35)/t15-,18?,20+,21+/m1/s1. The van der Waals surface area contributed by atoms with Crippen LogP contribution < -0.4 is 27.2 Å². The number of carbonyl (C=O) groups excluding carboxylic acids is 5. The number of aliphatic hydroxyl groups is 1. The number of amides is 5. The highest BCUT2D eigenvalue weighted by Gasteiger charge is 2.38. The fraction of sp³-hybridized carbons (Fsp3) is 0.542. The van der Waals surface area contributed by atoms with Crippen LogP contribution in [0.5, 0.6) is 0 Å². The van der Waals surface area contributed by atoms with Crippen molar-refractivity contribution in [1.29, 1.82) is 0 Å². The lowest BCUT2D eigenvalue weighted by atomic mass is 9.98. The first-order valence-corrected chi connectivity index (χ1v) is 11.9. The van der Waals surface area contributed by atoms with Gasteiger partial charge in [-0.2, -0.15) is 0 Å². The molecule has 8 N–H and O–H groups in total. The molecule has 0 aliphatic heterocycles. The van der Waals surface area contributed by atoms with Gasteiger partial charge in [-0.15, -0.1) is 0 Å². The van der Waals surface area contributed by atoms with E-state index in [4.69, 9.17) is 10.9 Å². The van der Waals surface area contributed by atoms with Gasteiger partial charge in [-0.1, -0.05) is 44.2 Å². The van der Waals surface area contributed by atoms with Gasteiger partial charge in [0, 0.05) is 26.4 Å². The van der Waals surface area contributed by atoms with Crippen molar-refractivity contribution in [2.45, 2.75) is 58.3 Å². The number of benzene rings is 1. The first kappa shape index (κ1) is 31.5. The van der Waals surface area contributed by atoms with E-state index < -0.39 is 66.2 Å². The molecule has 0 fully saturated rings. The molecular formula is C24H38N6O7. The molecular weight excluding hydrogens is 484 g/mol. The van der Waals surface area contributed by atoms with E-state index in [1.54, 1.807) is 44.2 Å². The minimum atomic E-state index is -1.44. The summed E-state index contributed by atoms with van der Waals surface area (Å²) in [5.41, 5.74) is 7.88. The Balaban J connectivity index is 3.51. The van der Waals surface area contributed by atoms with Crippen LogP contribution in [0, 0.1) is 5.92 Å². The summed E-state index contributed by atoms with van der Waals surface area (Å²) >= 11 is 0. The van der Waals surface area contributed by atoms with Crippen LogP contribution in [0.4, 0.5) is 0 Å². The normalized spacial score (nSPS) is 14.1. The average molecular weight is 523 g/mol. The fourth-order valence-electron chi connectivity index (χ4n) is 3.58. The zero-order valence-corrected chi connectivity index (χ0v) is 21.6. The van der Waals surface area contributed by atoms with Crippen molar-refractivity contribution in [2.75, 3.05) is 19.6 Å². The van der Waals surface area contributed by atoms with Crippen LogP contribution in [0.15, 0.2) is 30.3 Å². The number of hydrogen-bond acceptors (Lipinski definition) is 8. The molecule has 0 bridgehead atoms. The number of carbonyl (C=O) groups is 5. The molecule has 0 aliphatic rings. The SMILES string of the molecule is CC(=O)N[C@H](C(=O)N(CC(=O)NCCNO)C(Cc1ccccc1)C(=O)N[C@H](C(N)=O)[C@@H](C)O)C(C)C. The number of aliphatic hydroxyl groups excluding tert-OH is 1. The topological polar surface area (TPSA) is 203 Å². The number of hydroxylamine groups is 1. The monoisotopic (exact) mass is 522 g/mol. The van der Waals surface area contributed by atoms with E-state index >= 15 is 0 Å². The number of hydrogen-bond donors (Lipinski definition) is 7. The molecule has 13 heteroatoms. The highest BCUT2D eigenvalue weighted by Crippen LogP contribution is 2.15. The van der Waals surface area contributed by atoms with Gasteiger partial charge in [0.15, 0.2) is 0 Å². The molecule has 1 aromatic rings. The number of primary amides is 1. The van der Waals surface area contributed by atoms with Crippen molar-refractivity contribution in [1.82, 2.24) is 26.3 Å². The van der Waals surface area contributed by atoms with Gasteiger partial charge >= 0.3 is 0 Å². The third-order valence-electron chi connectivity index (χ3n) is 5.48. The lowest BCUT2D eigenvalue weighted by Gasteiger charge is -2.35. The van der Waals surface area contributed by atoms with Crippen LogP contribution in [0.3, 0.4) is 0 Å². The third kappa shape index (κ3) is 10.5. The minimum Gasteiger partial charge on any atom is -0.391 e. The molecule has 0 heterocycles. The maximum atomic E-state index is 13.7. The van der Waals surface area contributed by atoms with Gasteiger partial charge in [0.2, 0.25) is 29.5 Å². The van der Waals surface area contributed by atoms with Crippen molar-refractivity contribution >= 4 is 29.5 Å². The predicted octanol–water partition coefficient (Wildman–Crippen LogP) is -1.97. The van der Waals surface area contributed by atoms with E-state index in [0.29, 0.717) is 5.56 Å². The highest BCUT2D eigenvalue weighted by atomic mass is 16.5. The zero-order chi connectivity index (χ0) is 28.1. The first-order chi connectivity index (χ1) is 17.4. The summed E-state index contributed by atoms with van der Waals surface area (Å²) in [6.45, 7) is 5.45. The van der Waals surface area contributed by atoms with E-state index in [9.17, 15) is 29.1 Å². The maximum absolute atomic E-state index is 13.7. The second kappa shape index (κ2) is 15.5. The van der Waals surface area contributed by atoms with Crippen LogP contribution in [0.2, 0.25) is 0 Å². The van der Waals surface area contributed by atoms with E-state index in [1.807, 2.05) is 5.48 Å². The lowest BCUT2D eigenvalue weighted by molar-refractivity contribution is -0.147. The largest absolute Gasteiger partial charge is 0.391 e. The Morgan fingerprint density at radius 3 is 2.08 bits per heavy atom. The van der Waals surface area contributed by atoms with Crippen molar-refractivity contribution in [2.24, 2.45) is 11.7 Å². The van der Waals surface area contributed by atoms with Gasteiger partial charge in [0.1, 0.15) is 24.7 Å². The summed E-state index contributed by atoms with van der Waals surface area (Å²) in [4.78, 5) is 64.6. The van der Waals surface area contributed by atoms with Gasteiger partial charge in [-0.3, -0.25) is 24.0 Å². The average Bonchev–Trinajstić information content (AvgIpc) is 2.82. The second-order valence-corrected chi connectivity index (χ2v) is 8.98. The van der Waals surface area contributed by atoms with Crippen molar-refractivity contribution in [3.05, 3.63) is 35.9 Å². The molecule has 37 heavy (non-hydrogen) atoms. The molecule has 0 saturated heterocycles. The molecule has 1 rings (SSSR count). The van der Waals surface area contributed by atoms with E-state index in [-0.39, 0.29) is 19.5 Å². The predicted molar refractivity (Wildman–Crippen MR) is 134 cm³/mol. The van der Waals surface area contributed by atoms with Crippen LogP contribution in [0.1, 0.15) is 33.3 Å². The van der Waals surface area contributed by atoms with Gasteiger partial charge < -0.3 is 36.9 Å². The second-order valence-electron chi connectivity index (χ2n) is 8.98. The molecule has 0 aromatic heterocycles. The van der Waals surface area contributed by atoms with Gasteiger partial charge in [0.05, 0.1) is 6.10 Å². The van der Waals surface area contributed by atoms with Gasteiger partial charge in [0.25, 0.3) is 0 Å². The highest BCUT2D eigenvalue weighted by molar-refractivity contribution is 5.96. The summed E-state index contributed by atoms with van der Waals surface area (Å²) < 4.78 is 0. The third-order valence-corrected chi connectivity index (χ3v) is 5.48. The Kier molecular flexibility index (Phi) is 13.2. The van der Waals surface area contributed by atoms with Crippen molar-refractivity contribution < 1.29 is 34.3 Å². The number of rotatable bonds is 15. The molecule has 0 radical (unpaired) electrons. The molecule has 1 aromatic carbocycles. The Hall–Kier alpha value is -3.55. The summed E-state index contributed by atoms with van der Waals surface area (Å²) in [5.74, 6) is -3.98. The molecule has 206 valence electrons. The lowest BCUT2D eigenvalue weighted by Crippen LogP contribution is -2.62. The Labute approximate surface area is 216 Å². The number of nitrogens with two attached hydrogens (primary N) is 1. The summed E-state index contributed by atoms with van der Waals surface area (Å²) in [6, 6.07) is 4.89. The quantitative estimate of drug-likeness (QED) is 0.101. The summed E-state index contributed by atoms with van der Waals surface area (Å²) in [6.07, 6.45) is -1.36. The molecule has 0 spiro atoms. The molecule has 5 amide bonds.